The average Bonchev–Trinajstić information content (AvgIpc) is 2.76. The van der Waals surface area contributed by atoms with E-state index in [9.17, 15) is 14.0 Å². The van der Waals surface area contributed by atoms with Crippen LogP contribution in [0.25, 0.3) is 11.3 Å². The molecular weight excluding hydrogens is 373 g/mol. The summed E-state index contributed by atoms with van der Waals surface area (Å²) in [6.45, 7) is 8.43. The van der Waals surface area contributed by atoms with Crippen molar-refractivity contribution in [3.05, 3.63) is 61.7 Å². The maximum Gasteiger partial charge on any atom is 0.254 e. The molecule has 0 bridgehead atoms. The van der Waals surface area contributed by atoms with Crippen LogP contribution in [0.1, 0.15) is 12.8 Å². The number of likely N-dealkylation sites (tertiary alicyclic amines) is 1. The van der Waals surface area contributed by atoms with E-state index in [4.69, 9.17) is 0 Å². The maximum absolute atomic E-state index is 14.5. The lowest BCUT2D eigenvalue weighted by Crippen LogP contribution is -2.38. The Bertz CT molecular complexity index is 925. The van der Waals surface area contributed by atoms with E-state index in [0.29, 0.717) is 30.3 Å². The van der Waals surface area contributed by atoms with Gasteiger partial charge in [-0.2, -0.15) is 0 Å². The number of carbonyl (C=O) groups is 2. The molecule has 1 aliphatic rings. The first-order chi connectivity index (χ1) is 14.0. The van der Waals surface area contributed by atoms with Crippen molar-refractivity contribution >= 4 is 24.0 Å². The highest BCUT2D eigenvalue weighted by atomic mass is 19.1. The van der Waals surface area contributed by atoms with Gasteiger partial charge in [-0.3, -0.25) is 14.5 Å². The van der Waals surface area contributed by atoms with E-state index in [1.54, 1.807) is 29.2 Å². The molecule has 0 spiro atoms. The van der Waals surface area contributed by atoms with Gasteiger partial charge in [0.05, 0.1) is 6.20 Å². The quantitative estimate of drug-likeness (QED) is 0.576. The molecule has 2 aromatic rings. The fourth-order valence-corrected chi connectivity index (χ4v) is 3.19. The van der Waals surface area contributed by atoms with Crippen molar-refractivity contribution in [3.8, 4) is 11.3 Å². The van der Waals surface area contributed by atoms with Gasteiger partial charge < -0.3 is 10.2 Å². The molecule has 0 atom stereocenters. The molecule has 1 fully saturated rings. The summed E-state index contributed by atoms with van der Waals surface area (Å²) >= 11 is 0. The standard InChI is InChI=1S/C21H22FN5O2/c1-3-19(29)27(4-2)17-7-5-6-15(12-17)20-18(22)13-23-21(25-20)24-16-8-10-26(14-28)11-9-16/h3-7,12-14,16H,1-2,8-11H2,(H,23,24,25). The summed E-state index contributed by atoms with van der Waals surface area (Å²) < 4.78 is 14.5. The highest BCUT2D eigenvalue weighted by Crippen LogP contribution is 2.27. The number of hydrogen-bond donors (Lipinski definition) is 1. The minimum Gasteiger partial charge on any atom is -0.351 e. The fraction of sp³-hybridized carbons (Fsp3) is 0.238. The number of carbonyl (C=O) groups excluding carboxylic acids is 2. The largest absolute Gasteiger partial charge is 0.351 e. The van der Waals surface area contributed by atoms with Crippen LogP contribution in [0.15, 0.2) is 55.9 Å². The number of benzene rings is 1. The van der Waals surface area contributed by atoms with E-state index in [0.717, 1.165) is 25.4 Å². The molecule has 150 valence electrons. The van der Waals surface area contributed by atoms with Gasteiger partial charge in [-0.25, -0.2) is 14.4 Å². The zero-order valence-electron chi connectivity index (χ0n) is 15.9. The number of amides is 2. The highest BCUT2D eigenvalue weighted by Gasteiger charge is 2.20. The highest BCUT2D eigenvalue weighted by molar-refractivity contribution is 6.02. The van der Waals surface area contributed by atoms with Gasteiger partial charge in [0.2, 0.25) is 12.4 Å². The number of hydrogen-bond acceptors (Lipinski definition) is 5. The van der Waals surface area contributed by atoms with Crippen molar-refractivity contribution in [2.24, 2.45) is 0 Å². The first-order valence-electron chi connectivity index (χ1n) is 9.22. The lowest BCUT2D eigenvalue weighted by Gasteiger charge is -2.29. The molecule has 1 aromatic heterocycles. The number of halogens is 1. The van der Waals surface area contributed by atoms with Crippen LogP contribution in [0.2, 0.25) is 0 Å². The second-order valence-corrected chi connectivity index (χ2v) is 6.60. The zero-order chi connectivity index (χ0) is 20.8. The first kappa shape index (κ1) is 20.2. The third-order valence-electron chi connectivity index (χ3n) is 4.75. The van der Waals surface area contributed by atoms with Gasteiger partial charge in [0.15, 0.2) is 5.82 Å². The number of rotatable bonds is 7. The normalized spacial score (nSPS) is 14.2. The molecule has 7 nitrogen and oxygen atoms in total. The lowest BCUT2D eigenvalue weighted by atomic mass is 10.1. The molecule has 1 N–H and O–H groups in total. The zero-order valence-corrected chi connectivity index (χ0v) is 15.9. The van der Waals surface area contributed by atoms with E-state index in [1.165, 1.54) is 17.2 Å². The van der Waals surface area contributed by atoms with Crippen molar-refractivity contribution in [1.82, 2.24) is 14.9 Å². The SMILES string of the molecule is C=CC(=O)N(C=C)c1cccc(-c2nc(NC3CCN(C=O)CC3)ncc2F)c1. The summed E-state index contributed by atoms with van der Waals surface area (Å²) in [5.41, 5.74) is 1.16. The van der Waals surface area contributed by atoms with E-state index in [1.807, 2.05) is 0 Å². The van der Waals surface area contributed by atoms with E-state index in [2.05, 4.69) is 28.4 Å². The van der Waals surface area contributed by atoms with Gasteiger partial charge in [-0.05, 0) is 31.1 Å². The summed E-state index contributed by atoms with van der Waals surface area (Å²) in [6, 6.07) is 6.90. The molecule has 2 amide bonds. The Balaban J connectivity index is 1.84. The third kappa shape index (κ3) is 4.66. The topological polar surface area (TPSA) is 78.4 Å². The molecule has 1 aromatic carbocycles. The van der Waals surface area contributed by atoms with Crippen molar-refractivity contribution < 1.29 is 14.0 Å². The Morgan fingerprint density at radius 1 is 1.31 bits per heavy atom. The second-order valence-electron chi connectivity index (χ2n) is 6.60. The van der Waals surface area contributed by atoms with E-state index < -0.39 is 5.82 Å². The fourth-order valence-electron chi connectivity index (χ4n) is 3.19. The van der Waals surface area contributed by atoms with Crippen LogP contribution in [0.4, 0.5) is 16.0 Å². The second kappa shape index (κ2) is 9.09. The summed E-state index contributed by atoms with van der Waals surface area (Å²) in [6.07, 6.45) is 6.05. The molecule has 29 heavy (non-hydrogen) atoms. The molecule has 1 saturated heterocycles. The third-order valence-corrected chi connectivity index (χ3v) is 4.75. The van der Waals surface area contributed by atoms with E-state index >= 15 is 0 Å². The van der Waals surface area contributed by atoms with Gasteiger partial charge in [-0.1, -0.05) is 25.3 Å². The predicted molar refractivity (Wildman–Crippen MR) is 110 cm³/mol. The Labute approximate surface area is 168 Å². The van der Waals surface area contributed by atoms with Gasteiger partial charge in [0.25, 0.3) is 5.91 Å². The van der Waals surface area contributed by atoms with Gasteiger partial charge in [0, 0.05) is 36.6 Å². The Kier molecular flexibility index (Phi) is 6.33. The van der Waals surface area contributed by atoms with Gasteiger partial charge >= 0.3 is 0 Å². The summed E-state index contributed by atoms with van der Waals surface area (Å²) in [4.78, 5) is 34.2. The number of aromatic nitrogens is 2. The van der Waals surface area contributed by atoms with Crippen LogP contribution in [0, 0.1) is 5.82 Å². The number of nitrogens with one attached hydrogen (secondary N) is 1. The summed E-state index contributed by atoms with van der Waals surface area (Å²) in [7, 11) is 0. The number of nitrogens with zero attached hydrogens (tertiary/aromatic N) is 4. The van der Waals surface area contributed by atoms with Crippen LogP contribution in [0.5, 0.6) is 0 Å². The van der Waals surface area contributed by atoms with Crippen molar-refractivity contribution in [2.45, 2.75) is 18.9 Å². The van der Waals surface area contributed by atoms with Crippen LogP contribution in [-0.2, 0) is 9.59 Å². The molecule has 2 heterocycles. The molecule has 0 unspecified atom stereocenters. The summed E-state index contributed by atoms with van der Waals surface area (Å²) in [5.74, 6) is -0.591. The minimum absolute atomic E-state index is 0.109. The Morgan fingerprint density at radius 3 is 2.72 bits per heavy atom. The molecule has 0 radical (unpaired) electrons. The minimum atomic E-state index is -0.566. The maximum atomic E-state index is 14.5. The lowest BCUT2D eigenvalue weighted by molar-refractivity contribution is -0.119. The average molecular weight is 395 g/mol. The monoisotopic (exact) mass is 395 g/mol. The number of anilines is 2. The molecular formula is C21H22FN5O2. The number of piperidine rings is 1. The van der Waals surface area contributed by atoms with Crippen molar-refractivity contribution in [2.75, 3.05) is 23.3 Å². The van der Waals surface area contributed by atoms with Crippen molar-refractivity contribution in [3.63, 3.8) is 0 Å². The summed E-state index contributed by atoms with van der Waals surface area (Å²) in [5, 5.41) is 3.21. The Hall–Kier alpha value is -3.55. The van der Waals surface area contributed by atoms with Gasteiger partial charge in [-0.15, -0.1) is 0 Å². The molecule has 0 saturated carbocycles. The van der Waals surface area contributed by atoms with Crippen molar-refractivity contribution in [1.29, 1.82) is 0 Å². The van der Waals surface area contributed by atoms with Crippen LogP contribution >= 0.6 is 0 Å². The Morgan fingerprint density at radius 2 is 2.07 bits per heavy atom. The van der Waals surface area contributed by atoms with Crippen LogP contribution in [-0.4, -0.2) is 46.3 Å². The predicted octanol–water partition coefficient (Wildman–Crippen LogP) is 2.98. The molecule has 3 rings (SSSR count). The van der Waals surface area contributed by atoms with Crippen LogP contribution < -0.4 is 10.2 Å². The van der Waals surface area contributed by atoms with E-state index in [-0.39, 0.29) is 17.6 Å². The first-order valence-corrected chi connectivity index (χ1v) is 9.22. The molecule has 8 heteroatoms. The van der Waals surface area contributed by atoms with Gasteiger partial charge in [0.1, 0.15) is 5.69 Å². The smallest absolute Gasteiger partial charge is 0.254 e. The molecule has 0 aliphatic carbocycles. The molecule has 1 aliphatic heterocycles. The van der Waals surface area contributed by atoms with Crippen LogP contribution in [0.3, 0.4) is 0 Å².